The van der Waals surface area contributed by atoms with Crippen molar-refractivity contribution in [3.05, 3.63) is 17.2 Å². The van der Waals surface area contributed by atoms with Crippen LogP contribution in [0.5, 0.6) is 0 Å². The molecular weight excluding hydrogens is 258 g/mol. The zero-order valence-corrected chi connectivity index (χ0v) is 13.7. The maximum atomic E-state index is 5.01. The molecule has 0 amide bonds. The van der Waals surface area contributed by atoms with Gasteiger partial charge in [-0.25, -0.2) is 4.98 Å². The van der Waals surface area contributed by atoms with Gasteiger partial charge < -0.3 is 9.88 Å². The highest BCUT2D eigenvalue weighted by molar-refractivity contribution is 5.23. The van der Waals surface area contributed by atoms with Crippen LogP contribution in [0.4, 0.5) is 0 Å². The van der Waals surface area contributed by atoms with Gasteiger partial charge in [0.05, 0.1) is 5.69 Å². The van der Waals surface area contributed by atoms with E-state index in [0.29, 0.717) is 12.0 Å². The van der Waals surface area contributed by atoms with Gasteiger partial charge in [-0.2, -0.15) is 0 Å². The molecule has 2 saturated carbocycles. The molecule has 3 aliphatic rings. The summed E-state index contributed by atoms with van der Waals surface area (Å²) in [6, 6.07) is 0.645. The van der Waals surface area contributed by atoms with Crippen molar-refractivity contribution in [1.82, 2.24) is 14.9 Å². The summed E-state index contributed by atoms with van der Waals surface area (Å²) in [5, 5.41) is 3.48. The molecule has 0 saturated heterocycles. The Hall–Kier alpha value is -0.830. The number of aromatic nitrogens is 2. The van der Waals surface area contributed by atoms with Crippen molar-refractivity contribution >= 4 is 0 Å². The zero-order chi connectivity index (χ0) is 14.6. The smallest absolute Gasteiger partial charge is 0.112 e. The topological polar surface area (TPSA) is 29.9 Å². The summed E-state index contributed by atoms with van der Waals surface area (Å²) in [7, 11) is 0. The number of nitrogens with one attached hydrogen (secondary N) is 1. The van der Waals surface area contributed by atoms with Crippen LogP contribution in [0, 0.1) is 17.8 Å². The standard InChI is InChI=1S/C18H29N3/c1-11(2)18-20-16-10-19-7-6-17(16)21(18)12(3)15-9-13-4-5-14(15)8-13/h11-15,19H,4-10H2,1-3H3. The van der Waals surface area contributed by atoms with Gasteiger partial charge in [0.25, 0.3) is 0 Å². The van der Waals surface area contributed by atoms with Crippen molar-refractivity contribution in [3.8, 4) is 0 Å². The lowest BCUT2D eigenvalue weighted by Crippen LogP contribution is -2.29. The predicted octanol–water partition coefficient (Wildman–Crippen LogP) is 3.65. The Morgan fingerprint density at radius 2 is 2.05 bits per heavy atom. The Balaban J connectivity index is 1.71. The van der Waals surface area contributed by atoms with E-state index in [2.05, 4.69) is 30.7 Å². The van der Waals surface area contributed by atoms with E-state index < -0.39 is 0 Å². The third-order valence-electron chi connectivity index (χ3n) is 6.29. The molecule has 4 atom stereocenters. The maximum absolute atomic E-state index is 5.01. The molecule has 1 aromatic rings. The lowest BCUT2D eigenvalue weighted by molar-refractivity contribution is 0.234. The molecule has 3 heteroatoms. The molecule has 21 heavy (non-hydrogen) atoms. The minimum Gasteiger partial charge on any atom is -0.328 e. The first-order chi connectivity index (χ1) is 10.1. The first-order valence-corrected chi connectivity index (χ1v) is 8.95. The molecule has 1 aromatic heterocycles. The first-order valence-electron chi connectivity index (χ1n) is 8.95. The van der Waals surface area contributed by atoms with Crippen molar-refractivity contribution in [1.29, 1.82) is 0 Å². The van der Waals surface area contributed by atoms with Crippen molar-refractivity contribution in [3.63, 3.8) is 0 Å². The number of nitrogens with zero attached hydrogens (tertiary/aromatic N) is 2. The minimum absolute atomic E-state index is 0.525. The van der Waals surface area contributed by atoms with Crippen LogP contribution in [0.25, 0.3) is 0 Å². The third kappa shape index (κ3) is 2.16. The van der Waals surface area contributed by atoms with E-state index in [0.717, 1.165) is 37.3 Å². The third-order valence-corrected chi connectivity index (χ3v) is 6.29. The normalized spacial score (nSPS) is 32.7. The SMILES string of the molecule is CC(C)c1nc2c(n1C(C)C1CC3CCC1C3)CCNC2. The lowest BCUT2D eigenvalue weighted by atomic mass is 9.83. The van der Waals surface area contributed by atoms with E-state index in [4.69, 9.17) is 4.98 Å². The second kappa shape index (κ2) is 5.12. The Labute approximate surface area is 128 Å². The van der Waals surface area contributed by atoms with E-state index in [-0.39, 0.29) is 0 Å². The zero-order valence-electron chi connectivity index (χ0n) is 13.7. The highest BCUT2D eigenvalue weighted by Crippen LogP contribution is 2.52. The van der Waals surface area contributed by atoms with Gasteiger partial charge in [-0.3, -0.25) is 0 Å². The summed E-state index contributed by atoms with van der Waals surface area (Å²) in [6.45, 7) is 9.14. The van der Waals surface area contributed by atoms with E-state index in [1.807, 2.05) is 0 Å². The molecule has 3 nitrogen and oxygen atoms in total. The second-order valence-corrected chi connectivity index (χ2v) is 7.89. The Morgan fingerprint density at radius 3 is 2.71 bits per heavy atom. The molecule has 2 fully saturated rings. The van der Waals surface area contributed by atoms with Crippen molar-refractivity contribution in [2.75, 3.05) is 6.54 Å². The number of fused-ring (bicyclic) bond motifs is 3. The van der Waals surface area contributed by atoms with E-state index in [9.17, 15) is 0 Å². The highest BCUT2D eigenvalue weighted by atomic mass is 15.1. The van der Waals surface area contributed by atoms with Crippen LogP contribution in [0.2, 0.25) is 0 Å². The van der Waals surface area contributed by atoms with Gasteiger partial charge in [0.1, 0.15) is 5.82 Å². The molecule has 0 aromatic carbocycles. The van der Waals surface area contributed by atoms with Crippen LogP contribution in [0.15, 0.2) is 0 Å². The fourth-order valence-electron chi connectivity index (χ4n) is 5.29. The van der Waals surface area contributed by atoms with Crippen LogP contribution >= 0.6 is 0 Å². The summed E-state index contributed by atoms with van der Waals surface area (Å²) >= 11 is 0. The van der Waals surface area contributed by atoms with Crippen molar-refractivity contribution < 1.29 is 0 Å². The average Bonchev–Trinajstić information content (AvgIpc) is 3.19. The fourth-order valence-corrected chi connectivity index (χ4v) is 5.29. The molecule has 2 bridgehead atoms. The summed E-state index contributed by atoms with van der Waals surface area (Å²) in [6.07, 6.45) is 7.10. The minimum atomic E-state index is 0.525. The number of imidazole rings is 1. The molecule has 116 valence electrons. The van der Waals surface area contributed by atoms with Crippen LogP contribution < -0.4 is 5.32 Å². The lowest BCUT2D eigenvalue weighted by Gasteiger charge is -2.32. The molecule has 4 rings (SSSR count). The number of hydrogen-bond donors (Lipinski definition) is 1. The molecule has 1 N–H and O–H groups in total. The predicted molar refractivity (Wildman–Crippen MR) is 85.4 cm³/mol. The average molecular weight is 287 g/mol. The summed E-state index contributed by atoms with van der Waals surface area (Å²) in [5.74, 6) is 4.78. The molecule has 2 aliphatic carbocycles. The Morgan fingerprint density at radius 1 is 1.19 bits per heavy atom. The summed E-state index contributed by atoms with van der Waals surface area (Å²) in [5.41, 5.74) is 2.85. The quantitative estimate of drug-likeness (QED) is 0.919. The number of rotatable bonds is 3. The first kappa shape index (κ1) is 13.8. The van der Waals surface area contributed by atoms with Crippen LogP contribution in [0.1, 0.15) is 75.6 Å². The van der Waals surface area contributed by atoms with Crippen molar-refractivity contribution in [2.24, 2.45) is 17.8 Å². The largest absolute Gasteiger partial charge is 0.328 e. The Kier molecular flexibility index (Phi) is 3.36. The summed E-state index contributed by atoms with van der Waals surface area (Å²) < 4.78 is 2.66. The Bertz CT molecular complexity index is 531. The number of hydrogen-bond acceptors (Lipinski definition) is 2. The van der Waals surface area contributed by atoms with E-state index in [1.54, 1.807) is 0 Å². The van der Waals surface area contributed by atoms with E-state index >= 15 is 0 Å². The summed E-state index contributed by atoms with van der Waals surface area (Å²) in [4.78, 5) is 5.01. The van der Waals surface area contributed by atoms with Gasteiger partial charge in [-0.15, -0.1) is 0 Å². The van der Waals surface area contributed by atoms with Gasteiger partial charge in [0.15, 0.2) is 0 Å². The van der Waals surface area contributed by atoms with Gasteiger partial charge in [-0.05, 0) is 43.9 Å². The molecule has 0 spiro atoms. The van der Waals surface area contributed by atoms with Gasteiger partial charge in [-0.1, -0.05) is 20.3 Å². The monoisotopic (exact) mass is 287 g/mol. The van der Waals surface area contributed by atoms with E-state index in [1.165, 1.54) is 42.9 Å². The van der Waals surface area contributed by atoms with Gasteiger partial charge in [0, 0.05) is 37.2 Å². The molecule has 2 heterocycles. The van der Waals surface area contributed by atoms with Crippen LogP contribution in [-0.4, -0.2) is 16.1 Å². The molecule has 0 radical (unpaired) electrons. The van der Waals surface area contributed by atoms with Gasteiger partial charge >= 0.3 is 0 Å². The highest BCUT2D eigenvalue weighted by Gasteiger charge is 2.43. The fraction of sp³-hybridized carbons (Fsp3) is 0.833. The van der Waals surface area contributed by atoms with Crippen LogP contribution in [0.3, 0.4) is 0 Å². The van der Waals surface area contributed by atoms with Crippen molar-refractivity contribution in [2.45, 2.75) is 71.4 Å². The second-order valence-electron chi connectivity index (χ2n) is 7.89. The maximum Gasteiger partial charge on any atom is 0.112 e. The molecule has 1 aliphatic heterocycles. The molecular formula is C18H29N3. The van der Waals surface area contributed by atoms with Crippen LogP contribution in [-0.2, 0) is 13.0 Å². The molecule has 4 unspecified atom stereocenters. The van der Waals surface area contributed by atoms with Gasteiger partial charge in [0.2, 0.25) is 0 Å².